The summed E-state index contributed by atoms with van der Waals surface area (Å²) in [6.45, 7) is -0.627. The third-order valence-electron chi connectivity index (χ3n) is 3.98. The van der Waals surface area contributed by atoms with E-state index in [0.29, 0.717) is 25.0 Å². The Labute approximate surface area is 115 Å². The van der Waals surface area contributed by atoms with Crippen molar-refractivity contribution < 1.29 is 18.3 Å². The van der Waals surface area contributed by atoms with E-state index in [1.54, 1.807) is 17.0 Å². The lowest BCUT2D eigenvalue weighted by atomic mass is 10.1. The first kappa shape index (κ1) is 13.3. The van der Waals surface area contributed by atoms with Crippen molar-refractivity contribution in [3.05, 3.63) is 29.8 Å². The number of carbonyl (C=O) groups is 1. The number of alkyl halides is 2. The van der Waals surface area contributed by atoms with Crippen LogP contribution in [0.3, 0.4) is 0 Å². The number of likely N-dealkylation sites (tertiary alicyclic amines) is 1. The highest BCUT2D eigenvalue weighted by Gasteiger charge is 2.38. The molecule has 3 rings (SSSR count). The zero-order chi connectivity index (χ0) is 14.1. The highest BCUT2D eigenvalue weighted by molar-refractivity contribution is 5.97. The van der Waals surface area contributed by atoms with Gasteiger partial charge in [0.1, 0.15) is 5.75 Å². The van der Waals surface area contributed by atoms with Gasteiger partial charge in [-0.05, 0) is 31.0 Å². The predicted octanol–water partition coefficient (Wildman–Crippen LogP) is 1.72. The number of fused-ring (bicyclic) bond motifs is 1. The molecule has 2 aliphatic heterocycles. The van der Waals surface area contributed by atoms with Gasteiger partial charge in [0.05, 0.1) is 5.56 Å². The Morgan fingerprint density at radius 1 is 1.35 bits per heavy atom. The summed E-state index contributed by atoms with van der Waals surface area (Å²) in [6.07, 6.45) is 1.06. The lowest BCUT2D eigenvalue weighted by molar-refractivity contribution is -0.0502. The second-order valence-corrected chi connectivity index (χ2v) is 5.19. The molecule has 2 heterocycles. The minimum Gasteiger partial charge on any atom is -0.434 e. The number of hydrogen-bond donors (Lipinski definition) is 1. The summed E-state index contributed by atoms with van der Waals surface area (Å²) in [5.41, 5.74) is 0.202. The minimum absolute atomic E-state index is 0.0579. The second-order valence-electron chi connectivity index (χ2n) is 5.19. The fourth-order valence-electron chi connectivity index (χ4n) is 3.03. The molecule has 2 aliphatic rings. The molecule has 1 amide bonds. The van der Waals surface area contributed by atoms with Crippen LogP contribution in [0.25, 0.3) is 0 Å². The van der Waals surface area contributed by atoms with Crippen LogP contribution in [-0.4, -0.2) is 43.1 Å². The summed E-state index contributed by atoms with van der Waals surface area (Å²) in [6, 6.07) is 6.49. The Morgan fingerprint density at radius 3 is 2.90 bits per heavy atom. The SMILES string of the molecule is O=C(c1ccccc1OC(F)F)N1C[C@@H]2CCN[C@@H]2C1. The van der Waals surface area contributed by atoms with Crippen LogP contribution in [0.2, 0.25) is 0 Å². The molecule has 0 saturated carbocycles. The summed E-state index contributed by atoms with van der Waals surface area (Å²) >= 11 is 0. The van der Waals surface area contributed by atoms with Crippen LogP contribution in [0.1, 0.15) is 16.8 Å². The maximum Gasteiger partial charge on any atom is 0.387 e. The first-order chi connectivity index (χ1) is 9.65. The smallest absolute Gasteiger partial charge is 0.387 e. The quantitative estimate of drug-likeness (QED) is 0.918. The third-order valence-corrected chi connectivity index (χ3v) is 3.98. The van der Waals surface area contributed by atoms with Crippen molar-refractivity contribution in [3.8, 4) is 5.75 Å². The van der Waals surface area contributed by atoms with Crippen molar-refractivity contribution in [3.63, 3.8) is 0 Å². The monoisotopic (exact) mass is 282 g/mol. The Kier molecular flexibility index (Phi) is 3.56. The molecule has 2 saturated heterocycles. The molecule has 0 aromatic heterocycles. The second kappa shape index (κ2) is 5.36. The highest BCUT2D eigenvalue weighted by Crippen LogP contribution is 2.28. The van der Waals surface area contributed by atoms with Crippen LogP contribution in [0.5, 0.6) is 5.75 Å². The average Bonchev–Trinajstić information content (AvgIpc) is 2.98. The van der Waals surface area contributed by atoms with Gasteiger partial charge in [-0.25, -0.2) is 0 Å². The van der Waals surface area contributed by atoms with E-state index >= 15 is 0 Å². The zero-order valence-corrected chi connectivity index (χ0v) is 10.9. The number of carbonyl (C=O) groups excluding carboxylic acids is 1. The van der Waals surface area contributed by atoms with Crippen LogP contribution in [0, 0.1) is 5.92 Å². The molecule has 6 heteroatoms. The fraction of sp³-hybridized carbons (Fsp3) is 0.500. The number of para-hydroxylation sites is 1. The van der Waals surface area contributed by atoms with E-state index in [4.69, 9.17) is 0 Å². The van der Waals surface area contributed by atoms with Gasteiger partial charge in [-0.1, -0.05) is 12.1 Å². The van der Waals surface area contributed by atoms with Gasteiger partial charge >= 0.3 is 6.61 Å². The topological polar surface area (TPSA) is 41.6 Å². The van der Waals surface area contributed by atoms with Crippen molar-refractivity contribution in [2.75, 3.05) is 19.6 Å². The van der Waals surface area contributed by atoms with Gasteiger partial charge in [0.25, 0.3) is 5.91 Å². The number of ether oxygens (including phenoxy) is 1. The molecule has 0 aliphatic carbocycles. The van der Waals surface area contributed by atoms with Gasteiger partial charge in [0.2, 0.25) is 0 Å². The lowest BCUT2D eigenvalue weighted by Crippen LogP contribution is -2.34. The number of nitrogens with one attached hydrogen (secondary N) is 1. The summed E-state index contributed by atoms with van der Waals surface area (Å²) in [4.78, 5) is 14.2. The molecule has 4 nitrogen and oxygen atoms in total. The lowest BCUT2D eigenvalue weighted by Gasteiger charge is -2.19. The third kappa shape index (κ3) is 2.47. The maximum atomic E-state index is 12.5. The number of rotatable bonds is 3. The van der Waals surface area contributed by atoms with Crippen molar-refractivity contribution in [2.45, 2.75) is 19.1 Å². The summed E-state index contributed by atoms with van der Waals surface area (Å²) in [7, 11) is 0. The molecule has 0 radical (unpaired) electrons. The summed E-state index contributed by atoms with van der Waals surface area (Å²) < 4.78 is 29.2. The van der Waals surface area contributed by atoms with E-state index in [1.807, 2.05) is 0 Å². The molecule has 0 bridgehead atoms. The van der Waals surface area contributed by atoms with Gasteiger partial charge in [-0.15, -0.1) is 0 Å². The normalized spacial score (nSPS) is 25.1. The summed E-state index contributed by atoms with van der Waals surface area (Å²) in [5, 5.41) is 3.36. The number of nitrogens with zero attached hydrogens (tertiary/aromatic N) is 1. The maximum absolute atomic E-state index is 12.5. The Bertz CT molecular complexity index is 498. The first-order valence-electron chi connectivity index (χ1n) is 6.71. The molecule has 1 aromatic rings. The van der Waals surface area contributed by atoms with E-state index < -0.39 is 6.61 Å². The number of benzene rings is 1. The Morgan fingerprint density at radius 2 is 2.15 bits per heavy atom. The van der Waals surface area contributed by atoms with Gasteiger partial charge in [0, 0.05) is 19.1 Å². The summed E-state index contributed by atoms with van der Waals surface area (Å²) in [5.74, 6) is 0.178. The average molecular weight is 282 g/mol. The molecule has 1 N–H and O–H groups in total. The van der Waals surface area contributed by atoms with Crippen molar-refractivity contribution in [1.29, 1.82) is 0 Å². The van der Waals surface area contributed by atoms with Crippen LogP contribution in [-0.2, 0) is 0 Å². The van der Waals surface area contributed by atoms with Crippen molar-refractivity contribution >= 4 is 5.91 Å². The van der Waals surface area contributed by atoms with Crippen LogP contribution < -0.4 is 10.1 Å². The number of halogens is 2. The van der Waals surface area contributed by atoms with Gasteiger partial charge in [0.15, 0.2) is 0 Å². The van der Waals surface area contributed by atoms with E-state index in [1.165, 1.54) is 12.1 Å². The van der Waals surface area contributed by atoms with Gasteiger partial charge in [-0.3, -0.25) is 4.79 Å². The predicted molar refractivity (Wildman–Crippen MR) is 68.9 cm³/mol. The highest BCUT2D eigenvalue weighted by atomic mass is 19.3. The molecule has 2 fully saturated rings. The van der Waals surface area contributed by atoms with Crippen molar-refractivity contribution in [2.24, 2.45) is 5.92 Å². The van der Waals surface area contributed by atoms with Crippen LogP contribution in [0.4, 0.5) is 8.78 Å². The number of hydrogen-bond acceptors (Lipinski definition) is 3. The van der Waals surface area contributed by atoms with Crippen molar-refractivity contribution in [1.82, 2.24) is 10.2 Å². The molecular formula is C14H16F2N2O2. The largest absolute Gasteiger partial charge is 0.434 e. The molecule has 20 heavy (non-hydrogen) atoms. The van der Waals surface area contributed by atoms with E-state index in [0.717, 1.165) is 13.0 Å². The molecule has 2 atom stereocenters. The van der Waals surface area contributed by atoms with Gasteiger partial charge in [-0.2, -0.15) is 8.78 Å². The Hall–Kier alpha value is -1.69. The molecule has 0 unspecified atom stereocenters. The first-order valence-corrected chi connectivity index (χ1v) is 6.71. The molecule has 0 spiro atoms. The van der Waals surface area contributed by atoms with Crippen LogP contribution >= 0.6 is 0 Å². The number of amides is 1. The van der Waals surface area contributed by atoms with E-state index in [-0.39, 0.29) is 17.2 Å². The molecule has 1 aromatic carbocycles. The molecule has 108 valence electrons. The molecular weight excluding hydrogens is 266 g/mol. The standard InChI is InChI=1S/C14H16F2N2O2/c15-14(16)20-12-4-2-1-3-10(12)13(19)18-7-9-5-6-17-11(9)8-18/h1-4,9,11,14,17H,5-8H2/t9-,11+/m0/s1. The van der Waals surface area contributed by atoms with Crippen LogP contribution in [0.15, 0.2) is 24.3 Å². The fourth-order valence-corrected chi connectivity index (χ4v) is 3.03. The Balaban J connectivity index is 1.77. The zero-order valence-electron chi connectivity index (χ0n) is 10.9. The van der Waals surface area contributed by atoms with E-state index in [2.05, 4.69) is 10.1 Å². The minimum atomic E-state index is -2.93. The van der Waals surface area contributed by atoms with Gasteiger partial charge < -0.3 is 15.0 Å². The van der Waals surface area contributed by atoms with E-state index in [9.17, 15) is 13.6 Å².